The quantitative estimate of drug-likeness (QED) is 0.599. The van der Waals surface area contributed by atoms with Crippen molar-refractivity contribution in [1.29, 1.82) is 0 Å². The number of aromatic nitrogens is 2. The Bertz CT molecular complexity index is 945. The molecule has 0 aliphatic carbocycles. The van der Waals surface area contributed by atoms with Gasteiger partial charge in [0.1, 0.15) is 12.4 Å². The maximum Gasteiger partial charge on any atom is 0.306 e. The third-order valence-corrected chi connectivity index (χ3v) is 6.32. The summed E-state index contributed by atoms with van der Waals surface area (Å²) in [6.45, 7) is 5.50. The molecule has 0 saturated carbocycles. The summed E-state index contributed by atoms with van der Waals surface area (Å²) in [7, 11) is -1.75. The molecule has 0 aliphatic heterocycles. The molecule has 0 unspecified atom stereocenters. The van der Waals surface area contributed by atoms with Gasteiger partial charge >= 0.3 is 5.97 Å². The molecule has 0 spiro atoms. The highest BCUT2D eigenvalue weighted by atomic mass is 32.2. The second kappa shape index (κ2) is 8.62. The van der Waals surface area contributed by atoms with Crippen LogP contribution >= 0.6 is 0 Å². The fourth-order valence-corrected chi connectivity index (χ4v) is 4.27. The van der Waals surface area contributed by atoms with Crippen molar-refractivity contribution in [3.8, 4) is 0 Å². The molecular weight excluding hydrogens is 370 g/mol. The van der Waals surface area contributed by atoms with Crippen LogP contribution in [0.25, 0.3) is 11.0 Å². The molecule has 9 heteroatoms. The van der Waals surface area contributed by atoms with Crippen LogP contribution in [-0.4, -0.2) is 53.7 Å². The second-order valence-electron chi connectivity index (χ2n) is 6.19. The highest BCUT2D eigenvalue weighted by Crippen LogP contribution is 2.22. The summed E-state index contributed by atoms with van der Waals surface area (Å²) < 4.78 is 33.4. The van der Waals surface area contributed by atoms with Crippen LogP contribution < -0.4 is 0 Å². The van der Waals surface area contributed by atoms with Gasteiger partial charge in [0.25, 0.3) is 0 Å². The van der Waals surface area contributed by atoms with Gasteiger partial charge in [-0.05, 0) is 25.1 Å². The van der Waals surface area contributed by atoms with Gasteiger partial charge in [-0.2, -0.15) is 4.31 Å². The molecule has 0 fully saturated rings. The van der Waals surface area contributed by atoms with Gasteiger partial charge in [0.15, 0.2) is 5.78 Å². The summed E-state index contributed by atoms with van der Waals surface area (Å²) >= 11 is 0. The van der Waals surface area contributed by atoms with Crippen LogP contribution in [0.4, 0.5) is 0 Å². The average Bonchev–Trinajstić information content (AvgIpc) is 2.94. The first-order valence-corrected chi connectivity index (χ1v) is 10.2. The van der Waals surface area contributed by atoms with Crippen LogP contribution in [0.3, 0.4) is 0 Å². The zero-order valence-corrected chi connectivity index (χ0v) is 16.9. The molecule has 1 heterocycles. The molecule has 0 N–H and O–H groups in total. The number of hydrogen-bond donors (Lipinski definition) is 0. The minimum atomic E-state index is -3.56. The second-order valence-corrected chi connectivity index (χ2v) is 8.13. The third kappa shape index (κ3) is 4.72. The zero-order valence-electron chi connectivity index (χ0n) is 16.1. The highest BCUT2D eigenvalue weighted by molar-refractivity contribution is 7.89. The molecule has 0 atom stereocenters. The number of ether oxygens (including phenoxy) is 1. The summed E-state index contributed by atoms with van der Waals surface area (Å²) in [5.41, 5.74) is 1.33. The Kier molecular flexibility index (Phi) is 6.72. The van der Waals surface area contributed by atoms with E-state index in [1.54, 1.807) is 32.0 Å². The van der Waals surface area contributed by atoms with Crippen molar-refractivity contribution in [2.75, 3.05) is 19.7 Å². The van der Waals surface area contributed by atoms with Gasteiger partial charge < -0.3 is 9.30 Å². The van der Waals surface area contributed by atoms with Crippen LogP contribution in [0.5, 0.6) is 0 Å². The van der Waals surface area contributed by atoms with Gasteiger partial charge in [-0.25, -0.2) is 13.4 Å². The minimum Gasteiger partial charge on any atom is -0.458 e. The summed E-state index contributed by atoms with van der Waals surface area (Å²) in [5, 5.41) is 0. The van der Waals surface area contributed by atoms with E-state index in [1.165, 1.54) is 11.2 Å². The standard InChI is InChI=1S/C18H25N3O5S/c1-5-21(6-2)27(24,25)14-7-8-16-15(11-14)19-17(20(16)4)9-10-18(23)26-12-13(3)22/h7-8,11H,5-6,9-10,12H2,1-4H3. The number of imidazole rings is 1. The fraction of sp³-hybridized carbons (Fsp3) is 0.500. The number of aryl methyl sites for hydroxylation is 2. The summed E-state index contributed by atoms with van der Waals surface area (Å²) in [6, 6.07) is 4.85. The van der Waals surface area contributed by atoms with E-state index in [-0.39, 0.29) is 23.7 Å². The monoisotopic (exact) mass is 395 g/mol. The summed E-state index contributed by atoms with van der Waals surface area (Å²) in [5.74, 6) is -0.0442. The molecule has 0 amide bonds. The SMILES string of the molecule is CCN(CC)S(=O)(=O)c1ccc2c(c1)nc(CCC(=O)OCC(C)=O)n2C. The molecule has 8 nitrogen and oxygen atoms in total. The van der Waals surface area contributed by atoms with Crippen molar-refractivity contribution in [2.24, 2.45) is 7.05 Å². The molecule has 0 radical (unpaired) electrons. The highest BCUT2D eigenvalue weighted by Gasteiger charge is 2.22. The number of nitrogens with zero attached hydrogens (tertiary/aromatic N) is 3. The predicted octanol–water partition coefficient (Wildman–Crippen LogP) is 1.67. The van der Waals surface area contributed by atoms with Crippen molar-refractivity contribution >= 4 is 32.8 Å². The summed E-state index contributed by atoms with van der Waals surface area (Å²) in [6.07, 6.45) is 0.426. The van der Waals surface area contributed by atoms with Gasteiger partial charge in [0.2, 0.25) is 10.0 Å². The van der Waals surface area contributed by atoms with Gasteiger partial charge in [-0.3, -0.25) is 9.59 Å². The molecule has 2 aromatic rings. The molecular formula is C18H25N3O5S. The molecule has 0 aliphatic rings. The minimum absolute atomic E-state index is 0.0923. The van der Waals surface area contributed by atoms with Crippen LogP contribution in [0.2, 0.25) is 0 Å². The largest absolute Gasteiger partial charge is 0.458 e. The number of hydrogen-bond acceptors (Lipinski definition) is 6. The van der Waals surface area contributed by atoms with Gasteiger partial charge in [0, 0.05) is 26.6 Å². The van der Waals surface area contributed by atoms with E-state index in [2.05, 4.69) is 4.98 Å². The fourth-order valence-electron chi connectivity index (χ4n) is 2.79. The Morgan fingerprint density at radius 1 is 1.22 bits per heavy atom. The molecule has 1 aromatic carbocycles. The Morgan fingerprint density at radius 3 is 2.48 bits per heavy atom. The number of carbonyl (C=O) groups is 2. The van der Waals surface area contributed by atoms with E-state index >= 15 is 0 Å². The van der Waals surface area contributed by atoms with Crippen LogP contribution in [-0.2, 0) is 37.8 Å². The maximum absolute atomic E-state index is 12.7. The van der Waals surface area contributed by atoms with Crippen molar-refractivity contribution < 1.29 is 22.7 Å². The van der Waals surface area contributed by atoms with Crippen LogP contribution in [0.1, 0.15) is 33.0 Å². The Balaban J connectivity index is 2.24. The van der Waals surface area contributed by atoms with Crippen molar-refractivity contribution in [1.82, 2.24) is 13.9 Å². The first-order chi connectivity index (χ1) is 12.7. The lowest BCUT2D eigenvalue weighted by atomic mass is 10.3. The molecule has 0 saturated heterocycles. The van der Waals surface area contributed by atoms with E-state index in [0.29, 0.717) is 30.9 Å². The maximum atomic E-state index is 12.7. The smallest absolute Gasteiger partial charge is 0.306 e. The van der Waals surface area contributed by atoms with E-state index in [4.69, 9.17) is 4.74 Å². The van der Waals surface area contributed by atoms with E-state index < -0.39 is 16.0 Å². The van der Waals surface area contributed by atoms with Crippen LogP contribution in [0.15, 0.2) is 23.1 Å². The van der Waals surface area contributed by atoms with Crippen molar-refractivity contribution in [3.05, 3.63) is 24.0 Å². The number of benzene rings is 1. The Labute approximate surface area is 159 Å². The number of fused-ring (bicyclic) bond motifs is 1. The number of sulfonamides is 1. The number of carbonyl (C=O) groups excluding carboxylic acids is 2. The number of Topliss-reactive ketones (excluding diaryl/α,β-unsaturated/α-hetero) is 1. The Hall–Kier alpha value is -2.26. The van der Waals surface area contributed by atoms with E-state index in [9.17, 15) is 18.0 Å². The van der Waals surface area contributed by atoms with E-state index in [1.807, 2.05) is 11.6 Å². The number of rotatable bonds is 9. The lowest BCUT2D eigenvalue weighted by Crippen LogP contribution is -2.30. The lowest BCUT2D eigenvalue weighted by Gasteiger charge is -2.18. The molecule has 148 valence electrons. The predicted molar refractivity (Wildman–Crippen MR) is 101 cm³/mol. The Morgan fingerprint density at radius 2 is 1.89 bits per heavy atom. The first kappa shape index (κ1) is 21.0. The normalized spacial score (nSPS) is 11.9. The lowest BCUT2D eigenvalue weighted by molar-refractivity contribution is -0.147. The molecule has 27 heavy (non-hydrogen) atoms. The van der Waals surface area contributed by atoms with Gasteiger partial charge in [0.05, 0.1) is 22.3 Å². The number of esters is 1. The van der Waals surface area contributed by atoms with Gasteiger partial charge in [-0.15, -0.1) is 0 Å². The van der Waals surface area contributed by atoms with E-state index in [0.717, 1.165) is 5.52 Å². The van der Waals surface area contributed by atoms with Gasteiger partial charge in [-0.1, -0.05) is 13.8 Å². The van der Waals surface area contributed by atoms with Crippen LogP contribution in [0, 0.1) is 0 Å². The number of ketones is 1. The van der Waals surface area contributed by atoms with Crippen molar-refractivity contribution in [2.45, 2.75) is 38.5 Å². The first-order valence-electron chi connectivity index (χ1n) is 8.81. The topological polar surface area (TPSA) is 98.6 Å². The van der Waals surface area contributed by atoms with Crippen molar-refractivity contribution in [3.63, 3.8) is 0 Å². The summed E-state index contributed by atoms with van der Waals surface area (Å²) in [4.78, 5) is 27.2. The zero-order chi connectivity index (χ0) is 20.2. The molecule has 2 rings (SSSR count). The third-order valence-electron chi connectivity index (χ3n) is 4.28. The molecule has 1 aromatic heterocycles. The molecule has 0 bridgehead atoms. The average molecular weight is 395 g/mol.